The molecule has 1 heterocycles. The number of pyridine rings is 1. The number of hydrogen-bond acceptors (Lipinski definition) is 4. The number of halogens is 3. The summed E-state index contributed by atoms with van der Waals surface area (Å²) in [5.74, 6) is -0.574. The first-order valence-electron chi connectivity index (χ1n) is 7.54. The van der Waals surface area contributed by atoms with Gasteiger partial charge in [-0.25, -0.2) is 4.98 Å². The standard InChI is InChI=1S/C17H18F3N3O2/c1-25-11-12-5-2-3-6-13(12)16(24)23-10-9-22-15-14(17(18,19)20)7-4-8-21-15/h2-8H,9-11H2,1H3,(H,21,22)(H,23,24). The molecule has 5 nitrogen and oxygen atoms in total. The predicted molar refractivity (Wildman–Crippen MR) is 87.2 cm³/mol. The van der Waals surface area contributed by atoms with Crippen LogP contribution in [0.1, 0.15) is 21.5 Å². The van der Waals surface area contributed by atoms with E-state index < -0.39 is 11.7 Å². The van der Waals surface area contributed by atoms with Crippen molar-refractivity contribution in [2.45, 2.75) is 12.8 Å². The molecule has 0 radical (unpaired) electrons. The summed E-state index contributed by atoms with van der Waals surface area (Å²) in [6.07, 6.45) is -3.21. The van der Waals surface area contributed by atoms with Crippen molar-refractivity contribution in [3.05, 3.63) is 59.3 Å². The van der Waals surface area contributed by atoms with Crippen molar-refractivity contribution in [1.29, 1.82) is 0 Å². The van der Waals surface area contributed by atoms with Gasteiger partial charge < -0.3 is 15.4 Å². The van der Waals surface area contributed by atoms with E-state index in [-0.39, 0.29) is 24.8 Å². The minimum Gasteiger partial charge on any atom is -0.380 e. The molecule has 1 aromatic carbocycles. The van der Waals surface area contributed by atoms with Gasteiger partial charge in [0, 0.05) is 32.0 Å². The summed E-state index contributed by atoms with van der Waals surface area (Å²) < 4.78 is 43.6. The molecule has 0 fully saturated rings. The number of amides is 1. The minimum atomic E-state index is -4.49. The molecular formula is C17H18F3N3O2. The fourth-order valence-corrected chi connectivity index (χ4v) is 2.25. The Morgan fingerprint density at radius 1 is 1.16 bits per heavy atom. The van der Waals surface area contributed by atoms with E-state index in [9.17, 15) is 18.0 Å². The maximum absolute atomic E-state index is 12.9. The molecule has 134 valence electrons. The third-order valence-electron chi connectivity index (χ3n) is 3.38. The fraction of sp³-hybridized carbons (Fsp3) is 0.294. The van der Waals surface area contributed by atoms with Crippen LogP contribution in [0.4, 0.5) is 19.0 Å². The largest absolute Gasteiger partial charge is 0.419 e. The molecule has 0 aliphatic carbocycles. The molecule has 0 saturated heterocycles. The number of carbonyl (C=O) groups is 1. The van der Waals surface area contributed by atoms with E-state index in [0.717, 1.165) is 11.6 Å². The first kappa shape index (κ1) is 18.7. The van der Waals surface area contributed by atoms with Crippen LogP contribution in [0.2, 0.25) is 0 Å². The van der Waals surface area contributed by atoms with Crippen LogP contribution in [0.15, 0.2) is 42.6 Å². The van der Waals surface area contributed by atoms with Crippen molar-refractivity contribution in [2.24, 2.45) is 0 Å². The maximum Gasteiger partial charge on any atom is 0.419 e. The van der Waals surface area contributed by atoms with Crippen molar-refractivity contribution in [1.82, 2.24) is 10.3 Å². The van der Waals surface area contributed by atoms with Crippen molar-refractivity contribution in [3.8, 4) is 0 Å². The van der Waals surface area contributed by atoms with Gasteiger partial charge in [-0.3, -0.25) is 4.79 Å². The van der Waals surface area contributed by atoms with Crippen LogP contribution in [0.5, 0.6) is 0 Å². The van der Waals surface area contributed by atoms with Gasteiger partial charge in [0.2, 0.25) is 0 Å². The molecule has 2 aromatic rings. The number of alkyl halides is 3. The summed E-state index contributed by atoms with van der Waals surface area (Å²) in [7, 11) is 1.53. The first-order chi connectivity index (χ1) is 11.9. The molecule has 0 saturated carbocycles. The number of hydrogen-bond donors (Lipinski definition) is 2. The molecule has 8 heteroatoms. The molecular weight excluding hydrogens is 335 g/mol. The van der Waals surface area contributed by atoms with Crippen molar-refractivity contribution in [2.75, 3.05) is 25.5 Å². The highest BCUT2D eigenvalue weighted by Gasteiger charge is 2.33. The second-order valence-electron chi connectivity index (χ2n) is 5.17. The fourth-order valence-electron chi connectivity index (χ4n) is 2.25. The van der Waals surface area contributed by atoms with E-state index in [4.69, 9.17) is 4.74 Å². The molecule has 1 amide bonds. The summed E-state index contributed by atoms with van der Waals surface area (Å²) in [6, 6.07) is 9.15. The zero-order valence-corrected chi connectivity index (χ0v) is 13.6. The van der Waals surface area contributed by atoms with Crippen LogP contribution in [0.3, 0.4) is 0 Å². The van der Waals surface area contributed by atoms with Crippen LogP contribution in [0, 0.1) is 0 Å². The van der Waals surface area contributed by atoms with Gasteiger partial charge in [-0.1, -0.05) is 18.2 Å². The highest BCUT2D eigenvalue weighted by molar-refractivity contribution is 5.95. The number of rotatable bonds is 7. The Bertz CT molecular complexity index is 720. The molecule has 2 N–H and O–H groups in total. The summed E-state index contributed by atoms with van der Waals surface area (Å²) in [6.45, 7) is 0.553. The summed E-state index contributed by atoms with van der Waals surface area (Å²) >= 11 is 0. The molecule has 0 spiro atoms. The summed E-state index contributed by atoms with van der Waals surface area (Å²) in [4.78, 5) is 15.9. The molecule has 0 aliphatic rings. The van der Waals surface area contributed by atoms with Crippen LogP contribution >= 0.6 is 0 Å². The Morgan fingerprint density at radius 2 is 1.92 bits per heavy atom. The highest BCUT2D eigenvalue weighted by Crippen LogP contribution is 2.33. The quantitative estimate of drug-likeness (QED) is 0.751. The third kappa shape index (κ3) is 5.18. The Morgan fingerprint density at radius 3 is 2.64 bits per heavy atom. The molecule has 0 aliphatic heterocycles. The number of nitrogens with one attached hydrogen (secondary N) is 2. The molecule has 0 unspecified atom stereocenters. The van der Waals surface area contributed by atoms with Crippen LogP contribution in [-0.4, -0.2) is 31.1 Å². The maximum atomic E-state index is 12.9. The van der Waals surface area contributed by atoms with Crippen molar-refractivity contribution < 1.29 is 22.7 Å². The normalized spacial score (nSPS) is 11.2. The second kappa shape index (κ2) is 8.48. The number of methoxy groups -OCH3 is 1. The van der Waals surface area contributed by atoms with E-state index in [2.05, 4.69) is 15.6 Å². The van der Waals surface area contributed by atoms with Gasteiger partial charge >= 0.3 is 6.18 Å². The molecule has 0 atom stereocenters. The Hall–Kier alpha value is -2.61. The van der Waals surface area contributed by atoms with Gasteiger partial charge in [-0.2, -0.15) is 13.2 Å². The lowest BCUT2D eigenvalue weighted by atomic mass is 10.1. The first-order valence-corrected chi connectivity index (χ1v) is 7.54. The molecule has 1 aromatic heterocycles. The Labute approximate surface area is 143 Å². The van der Waals surface area contributed by atoms with E-state index in [1.807, 2.05) is 0 Å². The van der Waals surface area contributed by atoms with Gasteiger partial charge in [0.05, 0.1) is 12.2 Å². The topological polar surface area (TPSA) is 63.2 Å². The number of nitrogens with zero attached hydrogens (tertiary/aromatic N) is 1. The van der Waals surface area contributed by atoms with Crippen molar-refractivity contribution in [3.63, 3.8) is 0 Å². The van der Waals surface area contributed by atoms with E-state index in [0.29, 0.717) is 12.2 Å². The summed E-state index contributed by atoms with van der Waals surface area (Å²) in [5.41, 5.74) is 0.365. The molecule has 2 rings (SSSR count). The van der Waals surface area contributed by atoms with E-state index in [1.54, 1.807) is 24.3 Å². The van der Waals surface area contributed by atoms with Gasteiger partial charge in [0.25, 0.3) is 5.91 Å². The Kier molecular flexibility index (Phi) is 6.35. The minimum absolute atomic E-state index is 0.109. The zero-order chi connectivity index (χ0) is 18.3. The van der Waals surface area contributed by atoms with Gasteiger partial charge in [-0.05, 0) is 23.8 Å². The highest BCUT2D eigenvalue weighted by atomic mass is 19.4. The smallest absolute Gasteiger partial charge is 0.380 e. The third-order valence-corrected chi connectivity index (χ3v) is 3.38. The van der Waals surface area contributed by atoms with Crippen molar-refractivity contribution >= 4 is 11.7 Å². The number of anilines is 1. The van der Waals surface area contributed by atoms with E-state index in [1.165, 1.54) is 19.4 Å². The van der Waals surface area contributed by atoms with Gasteiger partial charge in [0.1, 0.15) is 5.82 Å². The number of aromatic nitrogens is 1. The van der Waals surface area contributed by atoms with Crippen LogP contribution in [0.25, 0.3) is 0 Å². The number of benzene rings is 1. The van der Waals surface area contributed by atoms with Gasteiger partial charge in [-0.15, -0.1) is 0 Å². The second-order valence-corrected chi connectivity index (χ2v) is 5.17. The van der Waals surface area contributed by atoms with Crippen LogP contribution in [-0.2, 0) is 17.5 Å². The predicted octanol–water partition coefficient (Wildman–Crippen LogP) is 3.09. The van der Waals surface area contributed by atoms with Gasteiger partial charge in [0.15, 0.2) is 0 Å². The van der Waals surface area contributed by atoms with E-state index >= 15 is 0 Å². The number of ether oxygens (including phenoxy) is 1. The zero-order valence-electron chi connectivity index (χ0n) is 13.6. The average Bonchev–Trinajstić information content (AvgIpc) is 2.59. The number of carbonyl (C=O) groups excluding carboxylic acids is 1. The lowest BCUT2D eigenvalue weighted by Gasteiger charge is -2.14. The Balaban J connectivity index is 1.91. The molecule has 25 heavy (non-hydrogen) atoms. The van der Waals surface area contributed by atoms with Crippen LogP contribution < -0.4 is 10.6 Å². The molecule has 0 bridgehead atoms. The lowest BCUT2D eigenvalue weighted by Crippen LogP contribution is -2.30. The average molecular weight is 353 g/mol. The SMILES string of the molecule is COCc1ccccc1C(=O)NCCNc1ncccc1C(F)(F)F. The summed E-state index contributed by atoms with van der Waals surface area (Å²) in [5, 5.41) is 5.26. The lowest BCUT2D eigenvalue weighted by molar-refractivity contribution is -0.137. The monoisotopic (exact) mass is 353 g/mol.